The van der Waals surface area contributed by atoms with Crippen LogP contribution in [0.4, 0.5) is 0 Å². The number of piperazine rings is 1. The van der Waals surface area contributed by atoms with Gasteiger partial charge in [0.15, 0.2) is 11.5 Å². The van der Waals surface area contributed by atoms with Gasteiger partial charge in [-0.05, 0) is 17.7 Å². The van der Waals surface area contributed by atoms with Gasteiger partial charge in [-0.2, -0.15) is 0 Å². The normalized spacial score (nSPS) is 14.8. The van der Waals surface area contributed by atoms with Gasteiger partial charge in [-0.15, -0.1) is 0 Å². The Morgan fingerprint density at radius 3 is 2.19 bits per heavy atom. The zero-order valence-electron chi connectivity index (χ0n) is 15.9. The summed E-state index contributed by atoms with van der Waals surface area (Å²) >= 11 is 0. The fourth-order valence-corrected chi connectivity index (χ4v) is 3.47. The number of nitrogens with one attached hydrogen (secondary N) is 1. The number of benzene rings is 2. The number of ether oxygens (including phenoxy) is 2. The molecule has 0 spiro atoms. The third-order valence-corrected chi connectivity index (χ3v) is 5.02. The first-order valence-electron chi connectivity index (χ1n) is 9.20. The number of amides is 1. The Labute approximate surface area is 159 Å². The van der Waals surface area contributed by atoms with Crippen LogP contribution >= 0.6 is 0 Å². The summed E-state index contributed by atoms with van der Waals surface area (Å²) in [6, 6.07) is 13.6. The fraction of sp³-hybridized carbons (Fsp3) is 0.381. The highest BCUT2D eigenvalue weighted by Crippen LogP contribution is 2.36. The lowest BCUT2D eigenvalue weighted by atomic mass is 10.1. The SMILES string of the molecule is COc1cc(C[NH+]2CCN(C(=O)Cc3ccccc3)CC2)cc(OC)c1O. The van der Waals surface area contributed by atoms with E-state index in [2.05, 4.69) is 0 Å². The average molecular weight is 371 g/mol. The van der Waals surface area contributed by atoms with Crippen LogP contribution in [0.5, 0.6) is 17.2 Å². The molecule has 1 fully saturated rings. The molecule has 1 aliphatic heterocycles. The number of phenolic OH excluding ortho intramolecular Hbond substituents is 1. The van der Waals surface area contributed by atoms with E-state index < -0.39 is 0 Å². The molecule has 2 aromatic rings. The molecule has 0 atom stereocenters. The molecule has 2 N–H and O–H groups in total. The predicted molar refractivity (Wildman–Crippen MR) is 102 cm³/mol. The molecule has 0 bridgehead atoms. The van der Waals surface area contributed by atoms with E-state index in [9.17, 15) is 9.90 Å². The van der Waals surface area contributed by atoms with Crippen molar-refractivity contribution in [2.75, 3.05) is 40.4 Å². The van der Waals surface area contributed by atoms with E-state index in [1.54, 1.807) is 0 Å². The Morgan fingerprint density at radius 2 is 1.63 bits per heavy atom. The summed E-state index contributed by atoms with van der Waals surface area (Å²) in [5.74, 6) is 1.05. The van der Waals surface area contributed by atoms with E-state index in [0.717, 1.165) is 43.9 Å². The van der Waals surface area contributed by atoms with Crippen LogP contribution in [0.1, 0.15) is 11.1 Å². The van der Waals surface area contributed by atoms with Gasteiger partial charge in [-0.1, -0.05) is 30.3 Å². The minimum Gasteiger partial charge on any atom is -0.502 e. The Morgan fingerprint density at radius 1 is 1.04 bits per heavy atom. The molecule has 144 valence electrons. The third-order valence-electron chi connectivity index (χ3n) is 5.02. The molecule has 27 heavy (non-hydrogen) atoms. The van der Waals surface area contributed by atoms with Gasteiger partial charge in [0.1, 0.15) is 6.54 Å². The van der Waals surface area contributed by atoms with Gasteiger partial charge in [0.2, 0.25) is 11.7 Å². The van der Waals surface area contributed by atoms with Gasteiger partial charge in [0.05, 0.1) is 46.8 Å². The number of methoxy groups -OCH3 is 2. The largest absolute Gasteiger partial charge is 0.502 e. The van der Waals surface area contributed by atoms with Crippen molar-refractivity contribution in [1.82, 2.24) is 4.90 Å². The van der Waals surface area contributed by atoms with Gasteiger partial charge < -0.3 is 24.4 Å². The van der Waals surface area contributed by atoms with E-state index >= 15 is 0 Å². The summed E-state index contributed by atoms with van der Waals surface area (Å²) in [6.45, 7) is 4.10. The van der Waals surface area contributed by atoms with Crippen molar-refractivity contribution in [3.8, 4) is 17.2 Å². The quantitative estimate of drug-likeness (QED) is 0.791. The fourth-order valence-electron chi connectivity index (χ4n) is 3.47. The molecule has 6 heteroatoms. The summed E-state index contributed by atoms with van der Waals surface area (Å²) in [7, 11) is 3.06. The highest BCUT2D eigenvalue weighted by Gasteiger charge is 2.24. The van der Waals surface area contributed by atoms with Crippen LogP contribution in [0, 0.1) is 0 Å². The van der Waals surface area contributed by atoms with Crippen LogP contribution in [0.2, 0.25) is 0 Å². The Balaban J connectivity index is 1.56. The lowest BCUT2D eigenvalue weighted by Gasteiger charge is -2.32. The van der Waals surface area contributed by atoms with Gasteiger partial charge in [0.25, 0.3) is 0 Å². The number of hydrogen-bond acceptors (Lipinski definition) is 4. The second-order valence-corrected chi connectivity index (χ2v) is 6.82. The number of aromatic hydroxyl groups is 1. The van der Waals surface area contributed by atoms with Crippen LogP contribution in [-0.4, -0.2) is 56.3 Å². The molecular weight excluding hydrogens is 344 g/mol. The van der Waals surface area contributed by atoms with Crippen molar-refractivity contribution in [1.29, 1.82) is 0 Å². The summed E-state index contributed by atoms with van der Waals surface area (Å²) < 4.78 is 10.5. The van der Waals surface area contributed by atoms with Crippen LogP contribution in [-0.2, 0) is 17.8 Å². The monoisotopic (exact) mass is 371 g/mol. The third kappa shape index (κ3) is 4.71. The summed E-state index contributed by atoms with van der Waals surface area (Å²) in [5, 5.41) is 10.0. The molecule has 1 amide bonds. The van der Waals surface area contributed by atoms with E-state index in [-0.39, 0.29) is 11.7 Å². The van der Waals surface area contributed by atoms with Crippen molar-refractivity contribution in [3.05, 3.63) is 53.6 Å². The molecule has 1 aliphatic rings. The molecule has 0 aliphatic carbocycles. The lowest BCUT2D eigenvalue weighted by molar-refractivity contribution is -0.917. The molecule has 6 nitrogen and oxygen atoms in total. The van der Waals surface area contributed by atoms with Gasteiger partial charge in [0, 0.05) is 5.56 Å². The second kappa shape index (κ2) is 8.77. The topological polar surface area (TPSA) is 63.4 Å². The van der Waals surface area contributed by atoms with Crippen LogP contribution in [0.25, 0.3) is 0 Å². The highest BCUT2D eigenvalue weighted by molar-refractivity contribution is 5.78. The van der Waals surface area contributed by atoms with Gasteiger partial charge in [-0.25, -0.2) is 0 Å². The van der Waals surface area contributed by atoms with Crippen molar-refractivity contribution < 1.29 is 24.3 Å². The Kier molecular flexibility index (Phi) is 6.19. The molecule has 1 heterocycles. The van der Waals surface area contributed by atoms with Gasteiger partial charge in [-0.3, -0.25) is 4.79 Å². The predicted octanol–water partition coefficient (Wildman–Crippen LogP) is 0.879. The number of nitrogens with zero attached hydrogens (tertiary/aromatic N) is 1. The maximum Gasteiger partial charge on any atom is 0.227 e. The van der Waals surface area contributed by atoms with Crippen LogP contribution in [0.3, 0.4) is 0 Å². The van der Waals surface area contributed by atoms with E-state index in [0.29, 0.717) is 17.9 Å². The molecule has 1 saturated heterocycles. The molecule has 3 rings (SSSR count). The maximum atomic E-state index is 12.5. The van der Waals surface area contributed by atoms with Crippen molar-refractivity contribution in [3.63, 3.8) is 0 Å². The first kappa shape index (κ1) is 19.0. The molecule has 0 aromatic heterocycles. The minimum absolute atomic E-state index is 0.0232. The van der Waals surface area contributed by atoms with E-state index in [4.69, 9.17) is 9.47 Å². The molecule has 0 unspecified atom stereocenters. The number of carbonyl (C=O) groups excluding carboxylic acids is 1. The van der Waals surface area contributed by atoms with Gasteiger partial charge >= 0.3 is 0 Å². The minimum atomic E-state index is 0.0232. The highest BCUT2D eigenvalue weighted by atomic mass is 16.5. The summed E-state index contributed by atoms with van der Waals surface area (Å²) in [5.41, 5.74) is 2.10. The number of hydrogen-bond donors (Lipinski definition) is 2. The van der Waals surface area contributed by atoms with Crippen molar-refractivity contribution >= 4 is 5.91 Å². The molecular formula is C21H27N2O4+. The van der Waals surface area contributed by atoms with Crippen LogP contribution < -0.4 is 14.4 Å². The van der Waals surface area contributed by atoms with Crippen molar-refractivity contribution in [2.45, 2.75) is 13.0 Å². The van der Waals surface area contributed by atoms with Crippen molar-refractivity contribution in [2.24, 2.45) is 0 Å². The maximum absolute atomic E-state index is 12.5. The van der Waals surface area contributed by atoms with Crippen LogP contribution in [0.15, 0.2) is 42.5 Å². The zero-order valence-corrected chi connectivity index (χ0v) is 15.9. The number of carbonyl (C=O) groups is 1. The molecule has 0 radical (unpaired) electrons. The zero-order chi connectivity index (χ0) is 19.2. The lowest BCUT2D eigenvalue weighted by Crippen LogP contribution is -3.13. The first-order valence-corrected chi connectivity index (χ1v) is 9.20. The second-order valence-electron chi connectivity index (χ2n) is 6.82. The van der Waals surface area contributed by atoms with E-state index in [1.807, 2.05) is 47.4 Å². The number of phenols is 1. The Bertz CT molecular complexity index is 746. The van der Waals surface area contributed by atoms with E-state index in [1.165, 1.54) is 19.1 Å². The molecule has 0 saturated carbocycles. The Hall–Kier alpha value is -2.73. The summed E-state index contributed by atoms with van der Waals surface area (Å²) in [6.07, 6.45) is 0.461. The smallest absolute Gasteiger partial charge is 0.227 e. The molecule has 2 aromatic carbocycles. The summed E-state index contributed by atoms with van der Waals surface area (Å²) in [4.78, 5) is 15.8. The first-order chi connectivity index (χ1) is 13.1. The average Bonchev–Trinajstić information content (AvgIpc) is 2.70. The number of rotatable bonds is 6. The number of quaternary nitrogens is 1. The standard InChI is InChI=1S/C21H26N2O4/c1-26-18-12-17(13-19(27-2)21(18)25)15-22-8-10-23(11-9-22)20(24)14-16-6-4-3-5-7-16/h3-7,12-13,25H,8-11,14-15H2,1-2H3/p+1.